The minimum absolute atomic E-state index is 0.0768. The average Bonchev–Trinajstić information content (AvgIpc) is 2.94. The van der Waals surface area contributed by atoms with Gasteiger partial charge in [-0.15, -0.1) is 0 Å². The number of nitrogens with zero attached hydrogens (tertiary/aromatic N) is 4. The van der Waals surface area contributed by atoms with E-state index in [-0.39, 0.29) is 12.6 Å². The van der Waals surface area contributed by atoms with Gasteiger partial charge in [0, 0.05) is 18.9 Å². The van der Waals surface area contributed by atoms with Gasteiger partial charge in [-0.2, -0.15) is 5.10 Å². The van der Waals surface area contributed by atoms with E-state index in [1.165, 1.54) is 0 Å². The highest BCUT2D eigenvalue weighted by Gasteiger charge is 2.10. The van der Waals surface area contributed by atoms with Crippen molar-refractivity contribution in [2.24, 2.45) is 5.73 Å². The minimum Gasteiger partial charge on any atom is -0.394 e. The first-order valence-electron chi connectivity index (χ1n) is 5.56. The lowest BCUT2D eigenvalue weighted by Gasteiger charge is -2.12. The van der Waals surface area contributed by atoms with Gasteiger partial charge in [-0.1, -0.05) is 0 Å². The first kappa shape index (κ1) is 11.8. The molecule has 0 aromatic carbocycles. The molecule has 0 aliphatic rings. The Labute approximate surface area is 99.7 Å². The number of aryl methyl sites for hydroxylation is 3. The summed E-state index contributed by atoms with van der Waals surface area (Å²) in [7, 11) is 0. The van der Waals surface area contributed by atoms with Gasteiger partial charge < -0.3 is 15.4 Å². The molecule has 17 heavy (non-hydrogen) atoms. The number of imidazole rings is 1. The summed E-state index contributed by atoms with van der Waals surface area (Å²) in [4.78, 5) is 4.05. The van der Waals surface area contributed by atoms with E-state index >= 15 is 0 Å². The lowest BCUT2D eigenvalue weighted by atomic mass is 10.2. The molecule has 0 fully saturated rings. The van der Waals surface area contributed by atoms with Crippen LogP contribution < -0.4 is 5.73 Å². The minimum atomic E-state index is -0.378. The van der Waals surface area contributed by atoms with E-state index in [1.54, 1.807) is 12.5 Å². The van der Waals surface area contributed by atoms with E-state index < -0.39 is 0 Å². The third-order valence-corrected chi connectivity index (χ3v) is 2.65. The fourth-order valence-corrected chi connectivity index (χ4v) is 1.72. The summed E-state index contributed by atoms with van der Waals surface area (Å²) in [5.41, 5.74) is 7.76. The molecular formula is C11H17N5O. The van der Waals surface area contributed by atoms with Crippen LogP contribution in [0.2, 0.25) is 0 Å². The average molecular weight is 235 g/mol. The zero-order chi connectivity index (χ0) is 12.3. The van der Waals surface area contributed by atoms with Gasteiger partial charge in [-0.25, -0.2) is 4.98 Å². The van der Waals surface area contributed by atoms with Crippen molar-refractivity contribution in [2.45, 2.75) is 26.1 Å². The smallest absolute Gasteiger partial charge is 0.0949 e. The molecule has 0 bridgehead atoms. The maximum atomic E-state index is 9.04. The standard InChI is InChI=1S/C11H17N5O/c1-9-4-14-16(6-9)3-2-15-8-13-5-11(15)10(12)7-17/h4-6,8,10,17H,2-3,7,12H2,1H3. The lowest BCUT2D eigenvalue weighted by molar-refractivity contribution is 0.262. The first-order valence-corrected chi connectivity index (χ1v) is 5.56. The summed E-state index contributed by atoms with van der Waals surface area (Å²) in [6.07, 6.45) is 7.23. The van der Waals surface area contributed by atoms with Crippen molar-refractivity contribution in [2.75, 3.05) is 6.61 Å². The van der Waals surface area contributed by atoms with E-state index in [9.17, 15) is 0 Å². The van der Waals surface area contributed by atoms with Crippen molar-refractivity contribution in [1.29, 1.82) is 0 Å². The van der Waals surface area contributed by atoms with Gasteiger partial charge in [-0.3, -0.25) is 4.68 Å². The van der Waals surface area contributed by atoms with Crippen LogP contribution in [0.1, 0.15) is 17.3 Å². The van der Waals surface area contributed by atoms with Crippen molar-refractivity contribution < 1.29 is 5.11 Å². The highest BCUT2D eigenvalue weighted by atomic mass is 16.3. The number of aliphatic hydroxyl groups is 1. The fraction of sp³-hybridized carbons (Fsp3) is 0.455. The van der Waals surface area contributed by atoms with Crippen LogP contribution in [0, 0.1) is 6.92 Å². The Kier molecular flexibility index (Phi) is 3.55. The molecule has 1 atom stereocenters. The second kappa shape index (κ2) is 5.11. The van der Waals surface area contributed by atoms with Crippen LogP contribution in [-0.4, -0.2) is 31.0 Å². The lowest BCUT2D eigenvalue weighted by Crippen LogP contribution is -2.20. The fourth-order valence-electron chi connectivity index (χ4n) is 1.72. The summed E-state index contributed by atoms with van der Waals surface area (Å²) in [6, 6.07) is -0.378. The number of aromatic nitrogens is 4. The highest BCUT2D eigenvalue weighted by Crippen LogP contribution is 2.09. The molecule has 0 aliphatic carbocycles. The Bertz CT molecular complexity index is 476. The molecule has 6 nitrogen and oxygen atoms in total. The zero-order valence-electron chi connectivity index (χ0n) is 9.82. The van der Waals surface area contributed by atoms with Crippen molar-refractivity contribution in [1.82, 2.24) is 19.3 Å². The summed E-state index contributed by atoms with van der Waals surface area (Å²) >= 11 is 0. The Morgan fingerprint density at radius 2 is 2.24 bits per heavy atom. The highest BCUT2D eigenvalue weighted by molar-refractivity contribution is 5.04. The Hall–Kier alpha value is -1.66. The topological polar surface area (TPSA) is 81.9 Å². The van der Waals surface area contributed by atoms with Gasteiger partial charge in [-0.05, 0) is 12.5 Å². The molecule has 0 aliphatic heterocycles. The molecule has 6 heteroatoms. The molecule has 0 amide bonds. The van der Waals surface area contributed by atoms with Gasteiger partial charge in [0.2, 0.25) is 0 Å². The summed E-state index contributed by atoms with van der Waals surface area (Å²) in [5, 5.41) is 13.2. The molecule has 1 unspecified atom stereocenters. The molecule has 0 radical (unpaired) electrons. The van der Waals surface area contributed by atoms with E-state index in [0.29, 0.717) is 0 Å². The van der Waals surface area contributed by atoms with Crippen LogP contribution in [-0.2, 0) is 13.1 Å². The molecule has 0 spiro atoms. The molecule has 2 heterocycles. The summed E-state index contributed by atoms with van der Waals surface area (Å²) < 4.78 is 3.82. The molecule has 0 saturated carbocycles. The number of nitrogens with two attached hydrogens (primary N) is 1. The molecule has 92 valence electrons. The van der Waals surface area contributed by atoms with E-state index in [2.05, 4.69) is 10.1 Å². The van der Waals surface area contributed by atoms with Crippen LogP contribution in [0.3, 0.4) is 0 Å². The van der Waals surface area contributed by atoms with E-state index in [1.807, 2.05) is 28.6 Å². The SMILES string of the molecule is Cc1cnn(CCn2cncc2C(N)CO)c1. The predicted molar refractivity (Wildman–Crippen MR) is 63.2 cm³/mol. The number of hydrogen-bond acceptors (Lipinski definition) is 4. The predicted octanol–water partition coefficient (Wildman–Crippen LogP) is 0.0803. The summed E-state index contributed by atoms with van der Waals surface area (Å²) in [5.74, 6) is 0. The Morgan fingerprint density at radius 1 is 1.41 bits per heavy atom. The van der Waals surface area contributed by atoms with Crippen molar-refractivity contribution in [3.05, 3.63) is 36.2 Å². The number of hydrogen-bond donors (Lipinski definition) is 2. The molecule has 2 aromatic rings. The van der Waals surface area contributed by atoms with Crippen LogP contribution in [0.25, 0.3) is 0 Å². The van der Waals surface area contributed by atoms with Gasteiger partial charge in [0.05, 0.1) is 37.4 Å². The van der Waals surface area contributed by atoms with Crippen molar-refractivity contribution in [3.63, 3.8) is 0 Å². The number of aliphatic hydroxyl groups excluding tert-OH is 1. The zero-order valence-corrected chi connectivity index (χ0v) is 9.82. The van der Waals surface area contributed by atoms with Crippen LogP contribution in [0.5, 0.6) is 0 Å². The largest absolute Gasteiger partial charge is 0.394 e. The normalized spacial score (nSPS) is 12.9. The molecular weight excluding hydrogens is 218 g/mol. The van der Waals surface area contributed by atoms with Crippen LogP contribution >= 0.6 is 0 Å². The molecule has 2 aromatic heterocycles. The maximum Gasteiger partial charge on any atom is 0.0949 e. The third kappa shape index (κ3) is 2.72. The quantitative estimate of drug-likeness (QED) is 0.769. The molecule has 2 rings (SSSR count). The molecule has 0 saturated heterocycles. The Balaban J connectivity index is 2.01. The Morgan fingerprint density at radius 3 is 2.88 bits per heavy atom. The van der Waals surface area contributed by atoms with Gasteiger partial charge in [0.15, 0.2) is 0 Å². The van der Waals surface area contributed by atoms with Crippen LogP contribution in [0.4, 0.5) is 0 Å². The molecule has 3 N–H and O–H groups in total. The second-order valence-electron chi connectivity index (χ2n) is 4.08. The van der Waals surface area contributed by atoms with Gasteiger partial charge in [0.1, 0.15) is 0 Å². The maximum absolute atomic E-state index is 9.04. The van der Waals surface area contributed by atoms with Crippen LogP contribution in [0.15, 0.2) is 24.9 Å². The summed E-state index contributed by atoms with van der Waals surface area (Å²) in [6.45, 7) is 3.43. The van der Waals surface area contributed by atoms with E-state index in [4.69, 9.17) is 10.8 Å². The van der Waals surface area contributed by atoms with Crippen molar-refractivity contribution >= 4 is 0 Å². The second-order valence-corrected chi connectivity index (χ2v) is 4.08. The van der Waals surface area contributed by atoms with Gasteiger partial charge in [0.25, 0.3) is 0 Å². The van der Waals surface area contributed by atoms with Crippen molar-refractivity contribution in [3.8, 4) is 0 Å². The van der Waals surface area contributed by atoms with E-state index in [0.717, 1.165) is 24.3 Å². The monoisotopic (exact) mass is 235 g/mol. The third-order valence-electron chi connectivity index (χ3n) is 2.65. The van der Waals surface area contributed by atoms with Gasteiger partial charge >= 0.3 is 0 Å². The first-order chi connectivity index (χ1) is 8.20. The number of rotatable bonds is 5.